The largest absolute Gasteiger partial charge is 0.497 e. The number of aromatic nitrogens is 3. The normalized spacial score (nSPS) is 14.1. The molecular weight excluding hydrogens is 436 g/mol. The van der Waals surface area contributed by atoms with E-state index in [9.17, 15) is 4.79 Å². The summed E-state index contributed by atoms with van der Waals surface area (Å²) in [5.41, 5.74) is 1.80. The van der Waals surface area contributed by atoms with E-state index in [1.807, 2.05) is 71.3 Å². The number of nitrogens with zero attached hydrogens (tertiary/aromatic N) is 3. The number of thioether (sulfide) groups is 1. The summed E-state index contributed by atoms with van der Waals surface area (Å²) >= 11 is 1.40. The van der Waals surface area contributed by atoms with Crippen LogP contribution in [0, 0.1) is 0 Å². The monoisotopic (exact) mass is 460 g/mol. The van der Waals surface area contributed by atoms with Crippen molar-refractivity contribution in [2.75, 3.05) is 7.11 Å². The Bertz CT molecular complexity index is 1220. The van der Waals surface area contributed by atoms with Crippen LogP contribution < -0.4 is 10.1 Å². The van der Waals surface area contributed by atoms with E-state index in [1.54, 1.807) is 13.4 Å². The molecule has 8 heteroatoms. The molecule has 1 amide bonds. The van der Waals surface area contributed by atoms with E-state index >= 15 is 0 Å². The molecule has 168 valence electrons. The van der Waals surface area contributed by atoms with Crippen LogP contribution in [0.15, 0.2) is 82.6 Å². The first-order valence-corrected chi connectivity index (χ1v) is 11.7. The molecule has 33 heavy (non-hydrogen) atoms. The first kappa shape index (κ1) is 21.3. The van der Waals surface area contributed by atoms with Crippen molar-refractivity contribution in [3.8, 4) is 17.1 Å². The number of carbonyl (C=O) groups excluding carboxylic acids is 1. The number of ether oxygens (including phenoxy) is 1. The van der Waals surface area contributed by atoms with Gasteiger partial charge in [-0.05, 0) is 42.7 Å². The van der Waals surface area contributed by atoms with Crippen molar-refractivity contribution in [1.82, 2.24) is 20.1 Å². The molecule has 1 atom stereocenters. The van der Waals surface area contributed by atoms with Gasteiger partial charge < -0.3 is 14.5 Å². The average molecular weight is 461 g/mol. The molecule has 1 saturated carbocycles. The number of benzene rings is 2. The lowest BCUT2D eigenvalue weighted by atomic mass is 10.1. The van der Waals surface area contributed by atoms with Crippen molar-refractivity contribution in [3.63, 3.8) is 0 Å². The zero-order chi connectivity index (χ0) is 22.6. The average Bonchev–Trinajstić information content (AvgIpc) is 3.35. The van der Waals surface area contributed by atoms with Gasteiger partial charge in [0, 0.05) is 11.6 Å². The molecule has 0 radical (unpaired) electrons. The Morgan fingerprint density at radius 1 is 1.15 bits per heavy atom. The highest BCUT2D eigenvalue weighted by Crippen LogP contribution is 2.37. The summed E-state index contributed by atoms with van der Waals surface area (Å²) < 4.78 is 13.0. The van der Waals surface area contributed by atoms with Crippen molar-refractivity contribution < 1.29 is 13.9 Å². The number of rotatable bonds is 9. The molecule has 0 aliphatic heterocycles. The quantitative estimate of drug-likeness (QED) is 0.365. The van der Waals surface area contributed by atoms with Gasteiger partial charge in [0.1, 0.15) is 16.8 Å². The van der Waals surface area contributed by atoms with Crippen LogP contribution in [0.2, 0.25) is 0 Å². The van der Waals surface area contributed by atoms with Crippen LogP contribution in [-0.2, 0) is 11.3 Å². The molecular formula is C25H24N4O3S. The zero-order valence-corrected chi connectivity index (χ0v) is 19.0. The fraction of sp³-hybridized carbons (Fsp3) is 0.240. The molecule has 2 heterocycles. The Morgan fingerprint density at radius 2 is 2.00 bits per heavy atom. The Morgan fingerprint density at radius 3 is 2.73 bits per heavy atom. The van der Waals surface area contributed by atoms with Crippen LogP contribution in [0.25, 0.3) is 11.4 Å². The van der Waals surface area contributed by atoms with Crippen LogP contribution in [-0.4, -0.2) is 33.8 Å². The van der Waals surface area contributed by atoms with Crippen LogP contribution in [0.3, 0.4) is 0 Å². The van der Waals surface area contributed by atoms with Crippen molar-refractivity contribution >= 4 is 17.7 Å². The first-order valence-electron chi connectivity index (χ1n) is 10.8. The fourth-order valence-electron chi connectivity index (χ4n) is 3.56. The van der Waals surface area contributed by atoms with Gasteiger partial charge in [-0.25, -0.2) is 0 Å². The highest BCUT2D eigenvalue weighted by Gasteiger charge is 2.31. The van der Waals surface area contributed by atoms with E-state index in [2.05, 4.69) is 15.5 Å². The number of furan rings is 1. The van der Waals surface area contributed by atoms with E-state index in [0.717, 1.165) is 35.5 Å². The van der Waals surface area contributed by atoms with Crippen molar-refractivity contribution in [2.24, 2.45) is 0 Å². The lowest BCUT2D eigenvalue weighted by Crippen LogP contribution is -2.30. The summed E-state index contributed by atoms with van der Waals surface area (Å²) in [5.74, 6) is 2.19. The predicted octanol–water partition coefficient (Wildman–Crippen LogP) is 4.71. The van der Waals surface area contributed by atoms with E-state index in [4.69, 9.17) is 9.15 Å². The summed E-state index contributed by atoms with van der Waals surface area (Å²) in [6.07, 6.45) is 3.72. The van der Waals surface area contributed by atoms with Gasteiger partial charge in [0.25, 0.3) is 0 Å². The van der Waals surface area contributed by atoms with Crippen molar-refractivity contribution in [1.29, 1.82) is 0 Å². The molecule has 1 unspecified atom stereocenters. The standard InChI is InChI=1S/C25H24N4O3S/c1-31-20-10-5-9-18(15-20)23-27-28-25(29(23)16-21-11-6-14-32-21)33-22(17-7-3-2-4-8-17)24(30)26-19-12-13-19/h2-11,14-15,19,22H,12-13,16H2,1H3,(H,26,30). The van der Waals surface area contributed by atoms with Gasteiger partial charge in [-0.15, -0.1) is 10.2 Å². The van der Waals surface area contributed by atoms with Gasteiger partial charge in [0.05, 0.1) is 19.9 Å². The minimum atomic E-state index is -0.440. The molecule has 1 N–H and O–H groups in total. The molecule has 1 aliphatic carbocycles. The molecule has 5 rings (SSSR count). The van der Waals surface area contributed by atoms with E-state index in [0.29, 0.717) is 17.5 Å². The van der Waals surface area contributed by atoms with E-state index < -0.39 is 5.25 Å². The van der Waals surface area contributed by atoms with Crippen LogP contribution in [0.1, 0.15) is 29.4 Å². The zero-order valence-electron chi connectivity index (χ0n) is 18.2. The summed E-state index contributed by atoms with van der Waals surface area (Å²) in [5, 5.41) is 12.3. The third-order valence-corrected chi connectivity index (χ3v) is 6.66. The fourth-order valence-corrected chi connectivity index (χ4v) is 4.61. The Labute approximate surface area is 196 Å². The predicted molar refractivity (Wildman–Crippen MR) is 126 cm³/mol. The molecule has 0 saturated heterocycles. The summed E-state index contributed by atoms with van der Waals surface area (Å²) in [6, 6.07) is 21.5. The number of hydrogen-bond donors (Lipinski definition) is 1. The Hall–Kier alpha value is -3.52. The van der Waals surface area contributed by atoms with Gasteiger partial charge in [0.15, 0.2) is 11.0 Å². The number of hydrogen-bond acceptors (Lipinski definition) is 6. The van der Waals surface area contributed by atoms with E-state index in [1.165, 1.54) is 11.8 Å². The highest BCUT2D eigenvalue weighted by atomic mass is 32.2. The van der Waals surface area contributed by atoms with Crippen LogP contribution in [0.4, 0.5) is 0 Å². The number of methoxy groups -OCH3 is 1. The van der Waals surface area contributed by atoms with Gasteiger partial charge in [0.2, 0.25) is 5.91 Å². The topological polar surface area (TPSA) is 82.2 Å². The van der Waals surface area contributed by atoms with Crippen molar-refractivity contribution in [3.05, 3.63) is 84.3 Å². The van der Waals surface area contributed by atoms with Gasteiger partial charge in [-0.1, -0.05) is 54.2 Å². The third kappa shape index (κ3) is 4.96. The van der Waals surface area contributed by atoms with Gasteiger partial charge in [-0.2, -0.15) is 0 Å². The molecule has 2 aromatic carbocycles. The lowest BCUT2D eigenvalue weighted by molar-refractivity contribution is -0.120. The maximum Gasteiger partial charge on any atom is 0.238 e. The minimum absolute atomic E-state index is 0.0100. The van der Waals surface area contributed by atoms with Crippen molar-refractivity contribution in [2.45, 2.75) is 35.8 Å². The SMILES string of the molecule is COc1cccc(-c2nnc(SC(C(=O)NC3CC3)c3ccccc3)n2Cc2ccco2)c1. The lowest BCUT2D eigenvalue weighted by Gasteiger charge is -2.17. The third-order valence-electron chi connectivity index (χ3n) is 5.43. The summed E-state index contributed by atoms with van der Waals surface area (Å²) in [6.45, 7) is 0.445. The maximum absolute atomic E-state index is 13.2. The Balaban J connectivity index is 1.52. The second kappa shape index (κ2) is 9.54. The number of carbonyl (C=O) groups is 1. The molecule has 7 nitrogen and oxygen atoms in total. The molecule has 0 spiro atoms. The molecule has 4 aromatic rings. The van der Waals surface area contributed by atoms with Crippen LogP contribution >= 0.6 is 11.8 Å². The maximum atomic E-state index is 13.2. The molecule has 2 aromatic heterocycles. The summed E-state index contributed by atoms with van der Waals surface area (Å²) in [7, 11) is 1.64. The van der Waals surface area contributed by atoms with Gasteiger partial charge in [-0.3, -0.25) is 9.36 Å². The smallest absolute Gasteiger partial charge is 0.238 e. The molecule has 1 aliphatic rings. The second-order valence-electron chi connectivity index (χ2n) is 7.90. The number of nitrogens with one attached hydrogen (secondary N) is 1. The summed E-state index contributed by atoms with van der Waals surface area (Å²) in [4.78, 5) is 13.2. The first-order chi connectivity index (χ1) is 16.2. The van der Waals surface area contributed by atoms with Crippen LogP contribution in [0.5, 0.6) is 5.75 Å². The number of amides is 1. The van der Waals surface area contributed by atoms with E-state index in [-0.39, 0.29) is 11.9 Å². The highest BCUT2D eigenvalue weighted by molar-refractivity contribution is 8.00. The second-order valence-corrected chi connectivity index (χ2v) is 8.97. The molecule has 1 fully saturated rings. The minimum Gasteiger partial charge on any atom is -0.497 e. The molecule has 0 bridgehead atoms. The Kier molecular flexibility index (Phi) is 6.17. The van der Waals surface area contributed by atoms with Gasteiger partial charge >= 0.3 is 0 Å².